The van der Waals surface area contributed by atoms with Gasteiger partial charge in [-0.25, -0.2) is 15.0 Å². The van der Waals surface area contributed by atoms with Crippen LogP contribution in [0.25, 0.3) is 11.2 Å². The molecule has 6 N–H and O–H groups in total. The highest BCUT2D eigenvalue weighted by molar-refractivity contribution is 7.44. The van der Waals surface area contributed by atoms with E-state index in [9.17, 15) is 19.7 Å². The van der Waals surface area contributed by atoms with Gasteiger partial charge >= 0.3 is 0 Å². The van der Waals surface area contributed by atoms with Crippen LogP contribution in [0.1, 0.15) is 65.5 Å². The number of hydrogen-bond donors (Lipinski definition) is 5. The third-order valence-corrected chi connectivity index (χ3v) is 6.53. The molecule has 1 unspecified atom stereocenters. The van der Waals surface area contributed by atoms with Gasteiger partial charge in [0.05, 0.1) is 32.6 Å². The van der Waals surface area contributed by atoms with Gasteiger partial charge in [-0.15, -0.1) is 0 Å². The highest BCUT2D eigenvalue weighted by atomic mass is 31.2. The molecular formula is C22H41N6O7P. The second-order valence-corrected chi connectivity index (χ2v) is 10.1. The molecule has 1 aliphatic rings. The van der Waals surface area contributed by atoms with E-state index in [0.717, 1.165) is 0 Å². The summed E-state index contributed by atoms with van der Waals surface area (Å²) >= 11 is 0. The summed E-state index contributed by atoms with van der Waals surface area (Å²) in [6.07, 6.45) is 5.64. The summed E-state index contributed by atoms with van der Waals surface area (Å²) in [7, 11) is -4.97. The van der Waals surface area contributed by atoms with Crippen LogP contribution in [0, 0.1) is 0 Å². The van der Waals surface area contributed by atoms with Crippen molar-refractivity contribution in [3.8, 4) is 0 Å². The Morgan fingerprint density at radius 1 is 1.08 bits per heavy atom. The van der Waals surface area contributed by atoms with Crippen molar-refractivity contribution in [1.82, 2.24) is 19.5 Å². The van der Waals surface area contributed by atoms with Crippen LogP contribution in [0.5, 0.6) is 0 Å². The van der Waals surface area contributed by atoms with Crippen LogP contribution in [0.3, 0.4) is 0 Å². The van der Waals surface area contributed by atoms with Crippen molar-refractivity contribution < 1.29 is 38.7 Å². The Balaban J connectivity index is 0.000000302. The lowest BCUT2D eigenvalue weighted by atomic mass is 10.1. The van der Waals surface area contributed by atoms with Crippen LogP contribution in [0.2, 0.25) is 0 Å². The molecule has 206 valence electrons. The van der Waals surface area contributed by atoms with E-state index in [2.05, 4.69) is 40.2 Å². The van der Waals surface area contributed by atoms with E-state index in [-0.39, 0.29) is 17.0 Å². The minimum atomic E-state index is -4.97. The van der Waals surface area contributed by atoms with Crippen molar-refractivity contribution >= 4 is 24.8 Å². The maximum Gasteiger partial charge on any atom is 0.265 e. The molecule has 0 amide bonds. The summed E-state index contributed by atoms with van der Waals surface area (Å²) in [4.78, 5) is 32.8. The smallest absolute Gasteiger partial charge is 0.265 e. The third-order valence-electron chi connectivity index (χ3n) is 6.05. The number of nitrogen functional groups attached to an aromatic ring is 1. The van der Waals surface area contributed by atoms with Crippen LogP contribution in [-0.2, 0) is 13.8 Å². The SMILES string of the molecule is CCCC[NH+](CCCC)CCCC.Nc1ncnc2c1ncn2[C@@H]1O[C@H](COP(=O)([O-])O)[C@@H](O)[C@H]1O. The molecule has 1 aliphatic heterocycles. The Labute approximate surface area is 211 Å². The zero-order chi connectivity index (χ0) is 26.7. The van der Waals surface area contributed by atoms with Crippen molar-refractivity contribution in [2.45, 2.75) is 83.8 Å². The first-order chi connectivity index (χ1) is 17.1. The van der Waals surface area contributed by atoms with Gasteiger partial charge in [0.25, 0.3) is 7.82 Å². The molecule has 1 saturated heterocycles. The van der Waals surface area contributed by atoms with E-state index in [4.69, 9.17) is 15.4 Å². The number of unbranched alkanes of at least 4 members (excludes halogenated alkanes) is 3. The van der Waals surface area contributed by atoms with Gasteiger partial charge in [-0.1, -0.05) is 40.0 Å². The fourth-order valence-corrected chi connectivity index (χ4v) is 4.31. The molecule has 0 spiro atoms. The summed E-state index contributed by atoms with van der Waals surface area (Å²) < 4.78 is 21.5. The molecule has 1 fully saturated rings. The summed E-state index contributed by atoms with van der Waals surface area (Å²) in [5.74, 6) is 0.134. The molecular weight excluding hydrogens is 491 g/mol. The Morgan fingerprint density at radius 3 is 2.19 bits per heavy atom. The van der Waals surface area contributed by atoms with E-state index < -0.39 is 39.0 Å². The van der Waals surface area contributed by atoms with Crippen LogP contribution in [0.4, 0.5) is 5.82 Å². The van der Waals surface area contributed by atoms with E-state index in [1.165, 1.54) is 75.4 Å². The first kappa shape index (κ1) is 30.5. The Hall–Kier alpha value is -1.70. The molecule has 0 aromatic carbocycles. The van der Waals surface area contributed by atoms with Gasteiger partial charge in [-0.05, 0) is 19.3 Å². The first-order valence-corrected chi connectivity index (χ1v) is 14.1. The molecule has 0 radical (unpaired) electrons. The lowest BCUT2D eigenvalue weighted by Gasteiger charge is -2.20. The number of phosphoric ester groups is 1. The molecule has 13 nitrogen and oxygen atoms in total. The molecule has 0 bridgehead atoms. The number of aliphatic hydroxyl groups is 2. The number of anilines is 1. The zero-order valence-electron chi connectivity index (χ0n) is 21.3. The molecule has 3 heterocycles. The van der Waals surface area contributed by atoms with Crippen LogP contribution in [0.15, 0.2) is 12.7 Å². The minimum absolute atomic E-state index is 0.134. The number of phosphoric acid groups is 1. The summed E-state index contributed by atoms with van der Waals surface area (Å²) in [6, 6.07) is 0. The molecule has 3 rings (SSSR count). The Morgan fingerprint density at radius 2 is 1.67 bits per heavy atom. The predicted octanol–water partition coefficient (Wildman–Crippen LogP) is -0.223. The van der Waals surface area contributed by atoms with Crippen molar-refractivity contribution in [3.05, 3.63) is 12.7 Å². The van der Waals surface area contributed by atoms with Crippen molar-refractivity contribution in [1.29, 1.82) is 0 Å². The Kier molecular flexibility index (Phi) is 12.6. The van der Waals surface area contributed by atoms with Gasteiger partial charge in [0.2, 0.25) is 0 Å². The molecule has 0 aliphatic carbocycles. The number of quaternary nitrogens is 1. The third kappa shape index (κ3) is 9.00. The maximum atomic E-state index is 10.6. The monoisotopic (exact) mass is 532 g/mol. The fourth-order valence-electron chi connectivity index (χ4n) is 3.98. The summed E-state index contributed by atoms with van der Waals surface area (Å²) in [5.41, 5.74) is 6.22. The van der Waals surface area contributed by atoms with Crippen molar-refractivity contribution in [2.75, 3.05) is 32.0 Å². The van der Waals surface area contributed by atoms with Gasteiger partial charge in [0, 0.05) is 0 Å². The van der Waals surface area contributed by atoms with Crippen molar-refractivity contribution in [2.24, 2.45) is 0 Å². The quantitative estimate of drug-likeness (QED) is 0.214. The number of nitrogens with two attached hydrogens (primary N) is 1. The highest BCUT2D eigenvalue weighted by Gasteiger charge is 2.44. The maximum absolute atomic E-state index is 10.6. The standard InChI is InChI=1S/C12H27N.C10H14N5O7P/c1-4-7-10-13(11-8-5-2)12-9-6-3;11-8-5-9(13-2-12-8)15(3-14-5)10-7(17)6(16)4(22-10)1-21-23(18,19)20/h4-12H2,1-3H3;2-4,6-7,10,16-17H,1H2,(H2,11,12,13)(H2,18,19,20)/t;4-,6-,7-,10-/m.1/s1. The van der Waals surface area contributed by atoms with Crippen LogP contribution >= 0.6 is 7.82 Å². The van der Waals surface area contributed by atoms with E-state index in [1.54, 1.807) is 0 Å². The number of hydrogen-bond acceptors (Lipinski definition) is 10. The van der Waals surface area contributed by atoms with Gasteiger partial charge in [0.1, 0.15) is 30.2 Å². The lowest BCUT2D eigenvalue weighted by molar-refractivity contribution is -0.900. The molecule has 2 aromatic heterocycles. The first-order valence-electron chi connectivity index (χ1n) is 12.6. The predicted molar refractivity (Wildman–Crippen MR) is 132 cm³/mol. The normalized spacial score (nSPS) is 23.6. The van der Waals surface area contributed by atoms with Crippen LogP contribution in [-0.4, -0.2) is 79.2 Å². The van der Waals surface area contributed by atoms with E-state index >= 15 is 0 Å². The number of fused-ring (bicyclic) bond motifs is 1. The fraction of sp³-hybridized carbons (Fsp3) is 0.773. The topological polar surface area (TPSA) is 193 Å². The highest BCUT2D eigenvalue weighted by Crippen LogP contribution is 2.36. The number of nitrogens with zero attached hydrogens (tertiary/aromatic N) is 4. The number of aromatic nitrogens is 4. The van der Waals surface area contributed by atoms with Crippen LogP contribution < -0.4 is 15.5 Å². The number of aliphatic hydroxyl groups excluding tert-OH is 2. The van der Waals surface area contributed by atoms with E-state index in [0.29, 0.717) is 0 Å². The zero-order valence-corrected chi connectivity index (χ0v) is 22.2. The number of imidazole rings is 1. The summed E-state index contributed by atoms with van der Waals surface area (Å²) in [6.45, 7) is 10.4. The number of nitrogens with one attached hydrogen (secondary N) is 1. The molecule has 5 atom stereocenters. The van der Waals surface area contributed by atoms with Gasteiger partial charge in [0.15, 0.2) is 17.7 Å². The van der Waals surface area contributed by atoms with Crippen molar-refractivity contribution in [3.63, 3.8) is 0 Å². The molecule has 14 heteroatoms. The Bertz CT molecular complexity index is 939. The minimum Gasteiger partial charge on any atom is -0.756 e. The van der Waals surface area contributed by atoms with E-state index in [1.807, 2.05) is 4.90 Å². The average Bonchev–Trinajstić information content (AvgIpc) is 3.39. The largest absolute Gasteiger partial charge is 0.756 e. The second kappa shape index (κ2) is 14.9. The second-order valence-electron chi connectivity index (χ2n) is 8.95. The number of ether oxygens (including phenoxy) is 1. The lowest BCUT2D eigenvalue weighted by Crippen LogP contribution is -3.12. The van der Waals surface area contributed by atoms with Gasteiger partial charge < -0.3 is 39.9 Å². The molecule has 0 saturated carbocycles. The number of rotatable bonds is 13. The summed E-state index contributed by atoms with van der Waals surface area (Å²) in [5, 5.41) is 20.0. The molecule has 36 heavy (non-hydrogen) atoms. The van der Waals surface area contributed by atoms with Gasteiger partial charge in [-0.3, -0.25) is 9.13 Å². The average molecular weight is 533 g/mol. The molecule has 2 aromatic rings. The van der Waals surface area contributed by atoms with Gasteiger partial charge in [-0.2, -0.15) is 0 Å².